The minimum Gasteiger partial charge on any atom is -0.361 e. The van der Waals surface area contributed by atoms with Crippen LogP contribution in [-0.2, 0) is 0 Å². The Balaban J connectivity index is 1.99. The molecule has 6 heteroatoms. The predicted molar refractivity (Wildman–Crippen MR) is 87.2 cm³/mol. The summed E-state index contributed by atoms with van der Waals surface area (Å²) >= 11 is 0. The lowest BCUT2D eigenvalue weighted by molar-refractivity contribution is -0.384. The number of nitrogens with one attached hydrogen (secondary N) is 1. The number of carbonyl (C=O) groups excluding carboxylic acids is 1. The largest absolute Gasteiger partial charge is 0.361 e. The number of anilines is 1. The molecular formula is C17H17N3O3. The SMILES string of the molecule is CCCN1C(=O)c2ccccc2N[C@H]1c1ccc([N+](=O)[O-])cc1. The van der Waals surface area contributed by atoms with Gasteiger partial charge in [0.1, 0.15) is 6.17 Å². The minimum atomic E-state index is -0.428. The van der Waals surface area contributed by atoms with E-state index in [1.54, 1.807) is 23.1 Å². The number of carbonyl (C=O) groups is 1. The number of rotatable bonds is 4. The fourth-order valence-electron chi connectivity index (χ4n) is 2.81. The Morgan fingerprint density at radius 1 is 1.17 bits per heavy atom. The van der Waals surface area contributed by atoms with Gasteiger partial charge in [0.25, 0.3) is 11.6 Å². The molecule has 0 saturated heterocycles. The molecule has 2 aromatic rings. The van der Waals surface area contributed by atoms with Gasteiger partial charge in [-0.1, -0.05) is 19.1 Å². The number of non-ortho nitro benzene ring substituents is 1. The van der Waals surface area contributed by atoms with E-state index in [9.17, 15) is 14.9 Å². The lowest BCUT2D eigenvalue weighted by Gasteiger charge is -2.38. The van der Waals surface area contributed by atoms with Crippen molar-refractivity contribution in [1.29, 1.82) is 0 Å². The summed E-state index contributed by atoms with van der Waals surface area (Å²) in [5, 5.41) is 14.2. The molecule has 0 bridgehead atoms. The van der Waals surface area contributed by atoms with Gasteiger partial charge in [-0.05, 0) is 36.2 Å². The number of nitro groups is 1. The van der Waals surface area contributed by atoms with E-state index >= 15 is 0 Å². The molecule has 118 valence electrons. The Kier molecular flexibility index (Phi) is 3.97. The number of fused-ring (bicyclic) bond motifs is 1. The van der Waals surface area contributed by atoms with E-state index in [1.807, 2.05) is 25.1 Å². The van der Waals surface area contributed by atoms with E-state index in [1.165, 1.54) is 12.1 Å². The zero-order valence-electron chi connectivity index (χ0n) is 12.7. The average Bonchev–Trinajstić information content (AvgIpc) is 2.57. The van der Waals surface area contributed by atoms with E-state index < -0.39 is 4.92 Å². The van der Waals surface area contributed by atoms with Crippen LogP contribution in [0.2, 0.25) is 0 Å². The average molecular weight is 311 g/mol. The molecule has 3 rings (SSSR count). The van der Waals surface area contributed by atoms with Gasteiger partial charge in [-0.2, -0.15) is 0 Å². The van der Waals surface area contributed by atoms with Crippen molar-refractivity contribution in [3.63, 3.8) is 0 Å². The highest BCUT2D eigenvalue weighted by atomic mass is 16.6. The summed E-state index contributed by atoms with van der Waals surface area (Å²) in [5.41, 5.74) is 2.30. The van der Waals surface area contributed by atoms with Gasteiger partial charge in [0.2, 0.25) is 0 Å². The van der Waals surface area contributed by atoms with Crippen molar-refractivity contribution in [2.45, 2.75) is 19.5 Å². The summed E-state index contributed by atoms with van der Waals surface area (Å²) in [5.74, 6) is -0.0236. The number of nitro benzene ring substituents is 1. The Morgan fingerprint density at radius 3 is 2.52 bits per heavy atom. The molecule has 1 N–H and O–H groups in total. The van der Waals surface area contributed by atoms with E-state index in [-0.39, 0.29) is 17.8 Å². The number of hydrogen-bond donors (Lipinski definition) is 1. The van der Waals surface area contributed by atoms with Crippen molar-refractivity contribution in [2.75, 3.05) is 11.9 Å². The standard InChI is InChI=1S/C17H17N3O3/c1-2-11-19-16(12-7-9-13(10-8-12)20(22)23)18-15-6-4-3-5-14(15)17(19)21/h3-10,16,18H,2,11H2,1H3/t16-/m1/s1. The molecule has 0 radical (unpaired) electrons. The Labute approximate surface area is 133 Å². The highest BCUT2D eigenvalue weighted by Crippen LogP contribution is 2.33. The van der Waals surface area contributed by atoms with Crippen LogP contribution in [0, 0.1) is 10.1 Å². The second kappa shape index (κ2) is 6.08. The molecule has 0 fully saturated rings. The first-order valence-electron chi connectivity index (χ1n) is 7.52. The summed E-state index contributed by atoms with van der Waals surface area (Å²) in [7, 11) is 0. The van der Waals surface area contributed by atoms with Crippen LogP contribution >= 0.6 is 0 Å². The Morgan fingerprint density at radius 2 is 1.87 bits per heavy atom. The van der Waals surface area contributed by atoms with E-state index in [4.69, 9.17) is 0 Å². The second-order valence-corrected chi connectivity index (χ2v) is 5.44. The van der Waals surface area contributed by atoms with Gasteiger partial charge >= 0.3 is 0 Å². The first-order valence-corrected chi connectivity index (χ1v) is 7.52. The van der Waals surface area contributed by atoms with Crippen molar-refractivity contribution in [2.24, 2.45) is 0 Å². The summed E-state index contributed by atoms with van der Waals surface area (Å²) in [4.78, 5) is 24.9. The third-order valence-corrected chi connectivity index (χ3v) is 3.91. The fraction of sp³-hybridized carbons (Fsp3) is 0.235. The lowest BCUT2D eigenvalue weighted by Crippen LogP contribution is -2.43. The van der Waals surface area contributed by atoms with Gasteiger partial charge < -0.3 is 10.2 Å². The van der Waals surface area contributed by atoms with Crippen molar-refractivity contribution < 1.29 is 9.72 Å². The monoisotopic (exact) mass is 311 g/mol. The maximum absolute atomic E-state index is 12.7. The maximum Gasteiger partial charge on any atom is 0.269 e. The summed E-state index contributed by atoms with van der Waals surface area (Å²) in [6, 6.07) is 13.7. The van der Waals surface area contributed by atoms with Gasteiger partial charge in [-0.25, -0.2) is 0 Å². The van der Waals surface area contributed by atoms with E-state index in [2.05, 4.69) is 5.32 Å². The summed E-state index contributed by atoms with van der Waals surface area (Å²) in [6.07, 6.45) is 0.511. The van der Waals surface area contributed by atoms with E-state index in [0.29, 0.717) is 12.1 Å². The molecule has 1 aliphatic heterocycles. The summed E-state index contributed by atoms with van der Waals surface area (Å²) in [6.45, 7) is 2.63. The second-order valence-electron chi connectivity index (χ2n) is 5.44. The number of amides is 1. The molecule has 1 aliphatic rings. The zero-order valence-corrected chi connectivity index (χ0v) is 12.7. The van der Waals surface area contributed by atoms with Crippen LogP contribution in [0.25, 0.3) is 0 Å². The molecular weight excluding hydrogens is 294 g/mol. The Bertz CT molecular complexity index is 743. The van der Waals surface area contributed by atoms with Crippen molar-refractivity contribution in [1.82, 2.24) is 4.90 Å². The molecule has 0 spiro atoms. The predicted octanol–water partition coefficient (Wildman–Crippen LogP) is 3.57. The molecule has 1 atom stereocenters. The first-order chi connectivity index (χ1) is 11.1. The molecule has 6 nitrogen and oxygen atoms in total. The molecule has 2 aromatic carbocycles. The van der Waals surface area contributed by atoms with Crippen LogP contribution in [0.4, 0.5) is 11.4 Å². The van der Waals surface area contributed by atoms with Gasteiger partial charge in [-0.15, -0.1) is 0 Å². The highest BCUT2D eigenvalue weighted by molar-refractivity contribution is 6.01. The van der Waals surface area contributed by atoms with Crippen LogP contribution in [0.1, 0.15) is 35.4 Å². The minimum absolute atomic E-state index is 0.0236. The number of hydrogen-bond acceptors (Lipinski definition) is 4. The van der Waals surface area contributed by atoms with Crippen molar-refractivity contribution in [3.8, 4) is 0 Å². The van der Waals surface area contributed by atoms with Gasteiger partial charge in [0, 0.05) is 24.4 Å². The first kappa shape index (κ1) is 15.0. The fourth-order valence-corrected chi connectivity index (χ4v) is 2.81. The number of nitrogens with zero attached hydrogens (tertiary/aromatic N) is 2. The summed E-state index contributed by atoms with van der Waals surface area (Å²) < 4.78 is 0. The third-order valence-electron chi connectivity index (χ3n) is 3.91. The molecule has 23 heavy (non-hydrogen) atoms. The smallest absolute Gasteiger partial charge is 0.269 e. The van der Waals surface area contributed by atoms with Crippen LogP contribution in [0.3, 0.4) is 0 Å². The Hall–Kier alpha value is -2.89. The quantitative estimate of drug-likeness (QED) is 0.692. The molecule has 0 aromatic heterocycles. The molecule has 0 saturated carbocycles. The molecule has 1 amide bonds. The molecule has 0 unspecified atom stereocenters. The number of benzene rings is 2. The highest BCUT2D eigenvalue weighted by Gasteiger charge is 2.32. The third kappa shape index (κ3) is 2.75. The van der Waals surface area contributed by atoms with Crippen LogP contribution in [0.15, 0.2) is 48.5 Å². The maximum atomic E-state index is 12.7. The normalized spacial score (nSPS) is 16.7. The van der Waals surface area contributed by atoms with Crippen LogP contribution in [0.5, 0.6) is 0 Å². The van der Waals surface area contributed by atoms with Crippen LogP contribution in [-0.4, -0.2) is 22.3 Å². The molecule has 0 aliphatic carbocycles. The van der Waals surface area contributed by atoms with Gasteiger partial charge in [-0.3, -0.25) is 14.9 Å². The topological polar surface area (TPSA) is 75.5 Å². The van der Waals surface area contributed by atoms with E-state index in [0.717, 1.165) is 17.7 Å². The van der Waals surface area contributed by atoms with Gasteiger partial charge in [0.05, 0.1) is 10.5 Å². The van der Waals surface area contributed by atoms with Crippen LogP contribution < -0.4 is 5.32 Å². The lowest BCUT2D eigenvalue weighted by atomic mass is 10.0. The van der Waals surface area contributed by atoms with Crippen molar-refractivity contribution in [3.05, 3.63) is 69.8 Å². The van der Waals surface area contributed by atoms with Gasteiger partial charge in [0.15, 0.2) is 0 Å². The zero-order chi connectivity index (χ0) is 16.4. The number of para-hydroxylation sites is 1. The molecule has 1 heterocycles. The van der Waals surface area contributed by atoms with Crippen molar-refractivity contribution >= 4 is 17.3 Å².